The summed E-state index contributed by atoms with van der Waals surface area (Å²) in [5, 5.41) is 0. The second kappa shape index (κ2) is 4.07. The fraction of sp³-hybridized carbons (Fsp3) is 0.375. The van der Waals surface area contributed by atoms with Crippen LogP contribution in [-0.4, -0.2) is 6.21 Å². The molecule has 9 heavy (non-hydrogen) atoms. The molecule has 0 fully saturated rings. The summed E-state index contributed by atoms with van der Waals surface area (Å²) in [5.41, 5.74) is 2.31. The van der Waals surface area contributed by atoms with E-state index in [0.29, 0.717) is 0 Å². The smallest absolute Gasteiger partial charge is 0.0359 e. The average molecular weight is 123 g/mol. The summed E-state index contributed by atoms with van der Waals surface area (Å²) in [5.74, 6) is 0. The minimum Gasteiger partial charge on any atom is -0.262 e. The van der Waals surface area contributed by atoms with E-state index in [1.165, 1.54) is 5.57 Å². The molecule has 0 aliphatic rings. The lowest BCUT2D eigenvalue weighted by Gasteiger charge is -1.91. The molecule has 1 nitrogen and oxygen atoms in total. The maximum absolute atomic E-state index is 4.08. The number of rotatable bonds is 2. The van der Waals surface area contributed by atoms with Crippen LogP contribution in [0, 0.1) is 0 Å². The zero-order valence-corrected chi connectivity index (χ0v) is 6.31. The third-order valence-electron chi connectivity index (χ3n) is 1.10. The quantitative estimate of drug-likeness (QED) is 0.500. The van der Waals surface area contributed by atoms with Crippen molar-refractivity contribution in [3.63, 3.8) is 0 Å². The number of nitrogens with zero attached hydrogens (tertiary/aromatic N) is 1. The van der Waals surface area contributed by atoms with E-state index >= 15 is 0 Å². The molecule has 0 rings (SSSR count). The molecule has 0 aliphatic heterocycles. The van der Waals surface area contributed by atoms with Crippen LogP contribution in [-0.2, 0) is 0 Å². The van der Waals surface area contributed by atoms with Crippen molar-refractivity contribution in [3.05, 3.63) is 23.9 Å². The first kappa shape index (κ1) is 8.15. The van der Waals surface area contributed by atoms with Gasteiger partial charge in [0, 0.05) is 11.9 Å². The molecule has 0 saturated heterocycles. The van der Waals surface area contributed by atoms with Gasteiger partial charge < -0.3 is 0 Å². The van der Waals surface area contributed by atoms with Crippen LogP contribution in [0.25, 0.3) is 0 Å². The summed E-state index contributed by atoms with van der Waals surface area (Å²) < 4.78 is 0. The van der Waals surface area contributed by atoms with E-state index in [9.17, 15) is 0 Å². The molecule has 0 N–H and O–H groups in total. The monoisotopic (exact) mass is 123 g/mol. The van der Waals surface area contributed by atoms with Gasteiger partial charge in [0.2, 0.25) is 0 Å². The third-order valence-corrected chi connectivity index (χ3v) is 1.10. The predicted molar refractivity (Wildman–Crippen MR) is 42.7 cm³/mol. The van der Waals surface area contributed by atoms with Crippen molar-refractivity contribution in [2.75, 3.05) is 0 Å². The normalized spacial score (nSPS) is 9.67. The first-order chi connectivity index (χ1) is 4.18. The fourth-order valence-corrected chi connectivity index (χ4v) is 0.294. The Morgan fingerprint density at radius 1 is 1.33 bits per heavy atom. The van der Waals surface area contributed by atoms with Gasteiger partial charge in [-0.15, -0.1) is 0 Å². The van der Waals surface area contributed by atoms with Gasteiger partial charge in [0.05, 0.1) is 0 Å². The first-order valence-electron chi connectivity index (χ1n) is 2.97. The van der Waals surface area contributed by atoms with Gasteiger partial charge in [0.25, 0.3) is 0 Å². The Morgan fingerprint density at radius 3 is 2.22 bits per heavy atom. The van der Waals surface area contributed by atoms with Gasteiger partial charge in [-0.3, -0.25) is 4.99 Å². The van der Waals surface area contributed by atoms with E-state index < -0.39 is 0 Å². The van der Waals surface area contributed by atoms with Crippen LogP contribution in [0.1, 0.15) is 20.8 Å². The number of hydrogen-bond donors (Lipinski definition) is 0. The van der Waals surface area contributed by atoms with Crippen molar-refractivity contribution < 1.29 is 0 Å². The van der Waals surface area contributed by atoms with E-state index in [1.807, 2.05) is 20.8 Å². The molecular formula is C8H13N. The highest BCUT2D eigenvalue weighted by atomic mass is 14.7. The molecule has 0 saturated carbocycles. The Balaban J connectivity index is 4.06. The summed E-state index contributed by atoms with van der Waals surface area (Å²) in [6.07, 6.45) is 3.37. The second-order valence-corrected chi connectivity index (χ2v) is 2.10. The molecular weight excluding hydrogens is 110 g/mol. The Morgan fingerprint density at radius 2 is 1.89 bits per heavy atom. The van der Waals surface area contributed by atoms with E-state index in [-0.39, 0.29) is 0 Å². The van der Waals surface area contributed by atoms with Crippen molar-refractivity contribution in [2.24, 2.45) is 4.99 Å². The molecule has 0 atom stereocenters. The van der Waals surface area contributed by atoms with Crippen LogP contribution < -0.4 is 0 Å². The molecule has 0 unspecified atom stereocenters. The lowest BCUT2D eigenvalue weighted by molar-refractivity contribution is 1.20. The Labute approximate surface area is 56.8 Å². The first-order valence-corrected chi connectivity index (χ1v) is 2.97. The molecule has 0 spiro atoms. The summed E-state index contributed by atoms with van der Waals surface area (Å²) in [4.78, 5) is 4.08. The fourth-order valence-electron chi connectivity index (χ4n) is 0.294. The van der Waals surface area contributed by atoms with Gasteiger partial charge in [0.15, 0.2) is 0 Å². The number of hydrogen-bond acceptors (Lipinski definition) is 1. The van der Waals surface area contributed by atoms with Crippen LogP contribution in [0.4, 0.5) is 0 Å². The largest absolute Gasteiger partial charge is 0.262 e. The molecule has 0 aromatic rings. The highest BCUT2D eigenvalue weighted by molar-refractivity contribution is 5.71. The summed E-state index contributed by atoms with van der Waals surface area (Å²) in [7, 11) is 0. The van der Waals surface area contributed by atoms with Crippen LogP contribution in [0.5, 0.6) is 0 Å². The van der Waals surface area contributed by atoms with Gasteiger partial charge in [0.1, 0.15) is 0 Å². The molecule has 0 heterocycles. The van der Waals surface area contributed by atoms with E-state index in [1.54, 1.807) is 12.3 Å². The Bertz CT molecular complexity index is 148. The molecule has 1 heteroatoms. The Kier molecular flexibility index (Phi) is 3.69. The van der Waals surface area contributed by atoms with E-state index in [4.69, 9.17) is 0 Å². The standard InChI is InChI=1S/C8H13N/c1-5-6-9-8(4)7(2)3/h5-6H,1H2,2-4H3/b9-6-. The molecule has 0 amide bonds. The third kappa shape index (κ3) is 3.71. The zero-order chi connectivity index (χ0) is 7.28. The lowest BCUT2D eigenvalue weighted by Crippen LogP contribution is -1.73. The lowest BCUT2D eigenvalue weighted by atomic mass is 10.3. The molecule has 0 radical (unpaired) electrons. The van der Waals surface area contributed by atoms with Crippen molar-refractivity contribution in [1.29, 1.82) is 0 Å². The van der Waals surface area contributed by atoms with Gasteiger partial charge >= 0.3 is 0 Å². The summed E-state index contributed by atoms with van der Waals surface area (Å²) >= 11 is 0. The average Bonchev–Trinajstić information content (AvgIpc) is 1.82. The zero-order valence-electron chi connectivity index (χ0n) is 6.31. The van der Waals surface area contributed by atoms with Crippen LogP contribution in [0.15, 0.2) is 28.9 Å². The number of allylic oxidation sites excluding steroid dienone is 3. The Hall–Kier alpha value is -0.850. The maximum Gasteiger partial charge on any atom is 0.0359 e. The van der Waals surface area contributed by atoms with E-state index in [2.05, 4.69) is 11.6 Å². The van der Waals surface area contributed by atoms with Crippen LogP contribution in [0.3, 0.4) is 0 Å². The summed E-state index contributed by atoms with van der Waals surface area (Å²) in [6, 6.07) is 0. The van der Waals surface area contributed by atoms with Gasteiger partial charge in [-0.2, -0.15) is 0 Å². The summed E-state index contributed by atoms with van der Waals surface area (Å²) in [6.45, 7) is 9.58. The minimum absolute atomic E-state index is 1.06. The van der Waals surface area contributed by atoms with Gasteiger partial charge in [-0.1, -0.05) is 18.2 Å². The van der Waals surface area contributed by atoms with Crippen molar-refractivity contribution in [3.8, 4) is 0 Å². The number of aliphatic imine (C=N–C) groups is 1. The van der Waals surface area contributed by atoms with Gasteiger partial charge in [-0.05, 0) is 20.8 Å². The molecule has 0 aliphatic carbocycles. The highest BCUT2D eigenvalue weighted by Gasteiger charge is 1.82. The van der Waals surface area contributed by atoms with E-state index in [0.717, 1.165) is 5.70 Å². The molecule has 0 bridgehead atoms. The SMILES string of the molecule is C=C/C=N\C(C)=C(C)C. The van der Waals surface area contributed by atoms with Crippen molar-refractivity contribution >= 4 is 6.21 Å². The van der Waals surface area contributed by atoms with Gasteiger partial charge in [-0.25, -0.2) is 0 Å². The topological polar surface area (TPSA) is 12.4 Å². The molecule has 0 aromatic carbocycles. The maximum atomic E-state index is 4.08. The van der Waals surface area contributed by atoms with Crippen LogP contribution in [0.2, 0.25) is 0 Å². The van der Waals surface area contributed by atoms with Crippen LogP contribution >= 0.6 is 0 Å². The predicted octanol–water partition coefficient (Wildman–Crippen LogP) is 2.56. The van der Waals surface area contributed by atoms with Crippen molar-refractivity contribution in [1.82, 2.24) is 0 Å². The highest BCUT2D eigenvalue weighted by Crippen LogP contribution is 2.01. The van der Waals surface area contributed by atoms with Crippen molar-refractivity contribution in [2.45, 2.75) is 20.8 Å². The molecule has 50 valence electrons. The minimum atomic E-state index is 1.06. The molecule has 0 aromatic heterocycles. The second-order valence-electron chi connectivity index (χ2n) is 2.10.